The minimum absolute atomic E-state index is 0.0774. The first-order valence-corrected chi connectivity index (χ1v) is 35.6. The lowest BCUT2D eigenvalue weighted by Gasteiger charge is -2.18. The monoisotopic (exact) mass is 1140 g/mol. The zero-order valence-corrected chi connectivity index (χ0v) is 54.5. The van der Waals surface area contributed by atoms with E-state index in [4.69, 9.17) is 14.2 Å². The number of rotatable bonds is 65. The van der Waals surface area contributed by atoms with Crippen molar-refractivity contribution in [3.05, 3.63) is 85.1 Å². The van der Waals surface area contributed by atoms with Gasteiger partial charge in [-0.15, -0.1) is 0 Å². The van der Waals surface area contributed by atoms with Crippen LogP contribution in [0.1, 0.15) is 361 Å². The van der Waals surface area contributed by atoms with Crippen LogP contribution in [0, 0.1) is 0 Å². The van der Waals surface area contributed by atoms with Crippen molar-refractivity contribution in [2.24, 2.45) is 0 Å². The molecule has 0 bridgehead atoms. The van der Waals surface area contributed by atoms with Gasteiger partial charge in [-0.25, -0.2) is 0 Å². The number of allylic oxidation sites excluding steroid dienone is 14. The molecular formula is C76H134O6. The van der Waals surface area contributed by atoms with Crippen LogP contribution in [-0.2, 0) is 28.6 Å². The van der Waals surface area contributed by atoms with E-state index < -0.39 is 6.10 Å². The zero-order valence-electron chi connectivity index (χ0n) is 54.5. The Labute approximate surface area is 509 Å². The SMILES string of the molecule is CC/C=C\C/C=C\C/C=C\C/C=C\C/C=C\CCCCCCCCCCCCCCCCCC(=O)OCC(COC(=O)CCCCCCC/C=C\CCCCCCCC)OC(=O)CCCCCCCCC/C=C\CCCCCCCCC. The van der Waals surface area contributed by atoms with Crippen LogP contribution in [-0.4, -0.2) is 37.2 Å². The van der Waals surface area contributed by atoms with E-state index in [0.29, 0.717) is 19.3 Å². The van der Waals surface area contributed by atoms with Crippen LogP contribution in [0.4, 0.5) is 0 Å². The summed E-state index contributed by atoms with van der Waals surface area (Å²) in [6.45, 7) is 6.56. The van der Waals surface area contributed by atoms with Crippen LogP contribution in [0.5, 0.6) is 0 Å². The Balaban J connectivity index is 4.24. The quantitative estimate of drug-likeness (QED) is 0.0261. The van der Waals surface area contributed by atoms with Gasteiger partial charge in [-0.2, -0.15) is 0 Å². The summed E-state index contributed by atoms with van der Waals surface area (Å²) in [6, 6.07) is 0. The molecule has 474 valence electrons. The smallest absolute Gasteiger partial charge is 0.306 e. The van der Waals surface area contributed by atoms with Gasteiger partial charge in [0.2, 0.25) is 0 Å². The van der Waals surface area contributed by atoms with Crippen molar-refractivity contribution >= 4 is 17.9 Å². The molecule has 1 atom stereocenters. The molecule has 0 aromatic carbocycles. The predicted octanol–water partition coefficient (Wildman–Crippen LogP) is 24.6. The van der Waals surface area contributed by atoms with Gasteiger partial charge in [0.15, 0.2) is 6.10 Å². The van der Waals surface area contributed by atoms with Gasteiger partial charge in [0.1, 0.15) is 13.2 Å². The van der Waals surface area contributed by atoms with Crippen molar-refractivity contribution in [3.63, 3.8) is 0 Å². The normalized spacial score (nSPS) is 12.6. The van der Waals surface area contributed by atoms with Gasteiger partial charge in [-0.1, -0.05) is 311 Å². The maximum Gasteiger partial charge on any atom is 0.306 e. The molecule has 0 radical (unpaired) electrons. The van der Waals surface area contributed by atoms with Gasteiger partial charge in [-0.05, 0) is 116 Å². The lowest BCUT2D eigenvalue weighted by atomic mass is 10.0. The second-order valence-electron chi connectivity index (χ2n) is 23.8. The Bertz CT molecular complexity index is 1550. The molecule has 0 aromatic rings. The summed E-state index contributed by atoms with van der Waals surface area (Å²) in [4.78, 5) is 38.4. The molecule has 0 heterocycles. The number of hydrogen-bond donors (Lipinski definition) is 0. The molecule has 0 saturated carbocycles. The van der Waals surface area contributed by atoms with Crippen LogP contribution in [0.3, 0.4) is 0 Å². The molecule has 0 N–H and O–H groups in total. The highest BCUT2D eigenvalue weighted by molar-refractivity contribution is 5.71. The van der Waals surface area contributed by atoms with Crippen molar-refractivity contribution in [2.45, 2.75) is 367 Å². The molecule has 0 fully saturated rings. The molecule has 6 heteroatoms. The van der Waals surface area contributed by atoms with Gasteiger partial charge in [-0.3, -0.25) is 14.4 Å². The van der Waals surface area contributed by atoms with Crippen molar-refractivity contribution < 1.29 is 28.6 Å². The van der Waals surface area contributed by atoms with Crippen LogP contribution in [0.25, 0.3) is 0 Å². The lowest BCUT2D eigenvalue weighted by Crippen LogP contribution is -2.30. The zero-order chi connectivity index (χ0) is 59.2. The topological polar surface area (TPSA) is 78.9 Å². The van der Waals surface area contributed by atoms with Crippen molar-refractivity contribution in [2.75, 3.05) is 13.2 Å². The first-order chi connectivity index (χ1) is 40.5. The Morgan fingerprint density at radius 3 is 0.756 bits per heavy atom. The fourth-order valence-electron chi connectivity index (χ4n) is 10.3. The van der Waals surface area contributed by atoms with E-state index in [1.165, 1.54) is 225 Å². The van der Waals surface area contributed by atoms with Gasteiger partial charge >= 0.3 is 17.9 Å². The fourth-order valence-corrected chi connectivity index (χ4v) is 10.3. The molecule has 6 nitrogen and oxygen atoms in total. The minimum atomic E-state index is -0.782. The number of unbranched alkanes of at least 4 members (excludes halogenated alkanes) is 40. The molecule has 82 heavy (non-hydrogen) atoms. The second-order valence-corrected chi connectivity index (χ2v) is 23.8. The average Bonchev–Trinajstić information content (AvgIpc) is 3.47. The summed E-state index contributed by atoms with van der Waals surface area (Å²) in [5.41, 5.74) is 0. The van der Waals surface area contributed by atoms with E-state index in [-0.39, 0.29) is 31.1 Å². The first-order valence-electron chi connectivity index (χ1n) is 35.6. The number of carbonyl (C=O) groups is 3. The lowest BCUT2D eigenvalue weighted by molar-refractivity contribution is -0.167. The Morgan fingerprint density at radius 1 is 0.256 bits per heavy atom. The van der Waals surface area contributed by atoms with Gasteiger partial charge in [0.25, 0.3) is 0 Å². The summed E-state index contributed by atoms with van der Waals surface area (Å²) in [5.74, 6) is -0.871. The largest absolute Gasteiger partial charge is 0.462 e. The second kappa shape index (κ2) is 70.1. The molecule has 0 amide bonds. The third-order valence-corrected chi connectivity index (χ3v) is 15.6. The fraction of sp³-hybridized carbons (Fsp3) is 0.776. The molecule has 0 aliphatic heterocycles. The summed E-state index contributed by atoms with van der Waals surface area (Å²) in [5, 5.41) is 0. The number of ether oxygens (including phenoxy) is 3. The Morgan fingerprint density at radius 2 is 0.476 bits per heavy atom. The van der Waals surface area contributed by atoms with Crippen molar-refractivity contribution in [3.8, 4) is 0 Å². The first kappa shape index (κ1) is 78.6. The van der Waals surface area contributed by atoms with E-state index in [0.717, 1.165) is 96.3 Å². The molecule has 0 aliphatic rings. The summed E-state index contributed by atoms with van der Waals surface area (Å²) < 4.78 is 17.0. The van der Waals surface area contributed by atoms with Gasteiger partial charge in [0.05, 0.1) is 0 Å². The van der Waals surface area contributed by atoms with Crippen molar-refractivity contribution in [1.82, 2.24) is 0 Å². The third-order valence-electron chi connectivity index (χ3n) is 15.6. The van der Waals surface area contributed by atoms with Crippen LogP contribution < -0.4 is 0 Å². The minimum Gasteiger partial charge on any atom is -0.462 e. The van der Waals surface area contributed by atoms with Crippen LogP contribution >= 0.6 is 0 Å². The van der Waals surface area contributed by atoms with Crippen LogP contribution in [0.2, 0.25) is 0 Å². The predicted molar refractivity (Wildman–Crippen MR) is 358 cm³/mol. The van der Waals surface area contributed by atoms with Crippen LogP contribution in [0.15, 0.2) is 85.1 Å². The molecular weight excluding hydrogens is 1010 g/mol. The van der Waals surface area contributed by atoms with E-state index in [1.807, 2.05) is 0 Å². The van der Waals surface area contributed by atoms with E-state index in [9.17, 15) is 14.4 Å². The number of hydrogen-bond acceptors (Lipinski definition) is 6. The molecule has 0 saturated heterocycles. The highest BCUT2D eigenvalue weighted by Gasteiger charge is 2.19. The number of esters is 3. The van der Waals surface area contributed by atoms with E-state index in [1.54, 1.807) is 0 Å². The molecule has 0 spiro atoms. The Kier molecular flexibility index (Phi) is 67.2. The van der Waals surface area contributed by atoms with Crippen molar-refractivity contribution in [1.29, 1.82) is 0 Å². The molecule has 1 unspecified atom stereocenters. The summed E-state index contributed by atoms with van der Waals surface area (Å²) in [7, 11) is 0. The maximum absolute atomic E-state index is 12.9. The molecule has 0 aromatic heterocycles. The number of carbonyl (C=O) groups excluding carboxylic acids is 3. The average molecular weight is 1140 g/mol. The molecule has 0 aliphatic carbocycles. The third kappa shape index (κ3) is 67.4. The highest BCUT2D eigenvalue weighted by atomic mass is 16.6. The summed E-state index contributed by atoms with van der Waals surface area (Å²) >= 11 is 0. The van der Waals surface area contributed by atoms with Gasteiger partial charge in [0, 0.05) is 19.3 Å². The Hall–Kier alpha value is -3.41. The van der Waals surface area contributed by atoms with E-state index in [2.05, 4.69) is 106 Å². The highest BCUT2D eigenvalue weighted by Crippen LogP contribution is 2.17. The standard InChI is InChI=1S/C76H134O6/c1-4-7-10-13-16-19-22-25-28-30-32-33-34-35-36-37-38-39-40-41-42-43-44-46-48-51-54-57-60-63-66-69-75(78)81-72-73(71-80-74(77)68-65-62-59-56-53-50-47-27-24-21-18-15-12-9-6-3)82-76(79)70-67-64-61-58-55-52-49-45-31-29-26-23-20-17-14-11-8-5-2/h7,10,16,19,25,27-29,31-33,35-36,47,73H,4-6,8-9,11-15,17-18,20-24,26,30,34,37-46,48-72H2,1-3H3/b10-7-,19-16-,28-25-,31-29-,33-32-,36-35-,47-27-. The summed E-state index contributed by atoms with van der Waals surface area (Å²) in [6.07, 6.45) is 93.2. The van der Waals surface area contributed by atoms with Gasteiger partial charge < -0.3 is 14.2 Å². The van der Waals surface area contributed by atoms with E-state index >= 15 is 0 Å². The maximum atomic E-state index is 12.9. The molecule has 0 rings (SSSR count).